The van der Waals surface area contributed by atoms with Crippen LogP contribution in [0.1, 0.15) is 30.5 Å². The van der Waals surface area contributed by atoms with E-state index in [1.54, 1.807) is 7.05 Å². The average Bonchev–Trinajstić information content (AvgIpc) is 2.53. The van der Waals surface area contributed by atoms with E-state index in [2.05, 4.69) is 26.3 Å². The first-order valence-corrected chi connectivity index (χ1v) is 8.24. The number of pyridine rings is 1. The van der Waals surface area contributed by atoms with Crippen molar-refractivity contribution in [1.82, 2.24) is 15.2 Å². The highest BCUT2D eigenvalue weighted by atomic mass is 127. The Kier molecular flexibility index (Phi) is 9.02. The molecule has 1 aromatic heterocycles. The van der Waals surface area contributed by atoms with Crippen LogP contribution in [0.3, 0.4) is 0 Å². The SMILES string of the molecule is CN=C(NCCc1ccc(C)nc1)N1CCCC(CC(N)=O)C1.I. The number of aliphatic imine (C=N–C) groups is 1. The van der Waals surface area contributed by atoms with Gasteiger partial charge in [-0.05, 0) is 43.7 Å². The Balaban J connectivity index is 0.00000288. The topological polar surface area (TPSA) is 83.6 Å². The molecule has 2 heterocycles. The van der Waals surface area contributed by atoms with Gasteiger partial charge in [-0.15, -0.1) is 24.0 Å². The number of carbonyl (C=O) groups is 1. The Morgan fingerprint density at radius 1 is 1.50 bits per heavy atom. The summed E-state index contributed by atoms with van der Waals surface area (Å²) < 4.78 is 0. The Hall–Kier alpha value is -1.38. The van der Waals surface area contributed by atoms with Gasteiger partial charge in [-0.3, -0.25) is 14.8 Å². The molecule has 1 aromatic rings. The van der Waals surface area contributed by atoms with Crippen LogP contribution in [0.2, 0.25) is 0 Å². The van der Waals surface area contributed by atoms with Gasteiger partial charge in [0, 0.05) is 45.0 Å². The van der Waals surface area contributed by atoms with Crippen LogP contribution < -0.4 is 11.1 Å². The van der Waals surface area contributed by atoms with E-state index < -0.39 is 0 Å². The van der Waals surface area contributed by atoms with Crippen molar-refractivity contribution in [2.24, 2.45) is 16.6 Å². The van der Waals surface area contributed by atoms with Crippen molar-refractivity contribution in [2.45, 2.75) is 32.6 Å². The number of halogens is 1. The molecule has 134 valence electrons. The summed E-state index contributed by atoms with van der Waals surface area (Å²) in [4.78, 5) is 22.0. The van der Waals surface area contributed by atoms with Crippen molar-refractivity contribution in [2.75, 3.05) is 26.7 Å². The van der Waals surface area contributed by atoms with Gasteiger partial charge in [0.05, 0.1) is 0 Å². The van der Waals surface area contributed by atoms with Crippen LogP contribution in [0.25, 0.3) is 0 Å². The van der Waals surface area contributed by atoms with Gasteiger partial charge in [-0.2, -0.15) is 0 Å². The van der Waals surface area contributed by atoms with Crippen LogP contribution in [0, 0.1) is 12.8 Å². The van der Waals surface area contributed by atoms with E-state index in [-0.39, 0.29) is 29.9 Å². The van der Waals surface area contributed by atoms with Gasteiger partial charge in [0.2, 0.25) is 5.91 Å². The van der Waals surface area contributed by atoms with Crippen LogP contribution in [-0.2, 0) is 11.2 Å². The molecule has 1 atom stereocenters. The number of piperidine rings is 1. The molecule has 24 heavy (non-hydrogen) atoms. The molecule has 7 heteroatoms. The summed E-state index contributed by atoms with van der Waals surface area (Å²) in [6, 6.07) is 4.14. The molecule has 1 fully saturated rings. The number of likely N-dealkylation sites (tertiary alicyclic amines) is 1. The molecule has 1 unspecified atom stereocenters. The molecule has 1 saturated heterocycles. The summed E-state index contributed by atoms with van der Waals surface area (Å²) in [6.45, 7) is 4.62. The zero-order valence-electron chi connectivity index (χ0n) is 14.5. The number of hydrogen-bond donors (Lipinski definition) is 2. The predicted molar refractivity (Wildman–Crippen MR) is 108 cm³/mol. The minimum absolute atomic E-state index is 0. The van der Waals surface area contributed by atoms with E-state index in [0.717, 1.165) is 50.6 Å². The van der Waals surface area contributed by atoms with Gasteiger partial charge in [0.15, 0.2) is 5.96 Å². The Morgan fingerprint density at radius 3 is 2.92 bits per heavy atom. The second-order valence-corrected chi connectivity index (χ2v) is 6.16. The number of rotatable bonds is 5. The van der Waals surface area contributed by atoms with Gasteiger partial charge in [-0.1, -0.05) is 6.07 Å². The third kappa shape index (κ3) is 6.62. The molecule has 0 saturated carbocycles. The average molecular weight is 445 g/mol. The predicted octanol–water partition coefficient (Wildman–Crippen LogP) is 1.71. The normalized spacial score (nSPS) is 18.0. The van der Waals surface area contributed by atoms with Crippen molar-refractivity contribution in [1.29, 1.82) is 0 Å². The summed E-state index contributed by atoms with van der Waals surface area (Å²) in [5.41, 5.74) is 7.57. The van der Waals surface area contributed by atoms with E-state index in [9.17, 15) is 4.79 Å². The molecule has 1 amide bonds. The number of aromatic nitrogens is 1. The van der Waals surface area contributed by atoms with E-state index >= 15 is 0 Å². The van der Waals surface area contributed by atoms with Crippen LogP contribution in [0.15, 0.2) is 23.3 Å². The number of amides is 1. The summed E-state index contributed by atoms with van der Waals surface area (Å²) >= 11 is 0. The maximum absolute atomic E-state index is 11.1. The summed E-state index contributed by atoms with van der Waals surface area (Å²) in [7, 11) is 1.80. The van der Waals surface area contributed by atoms with Crippen molar-refractivity contribution in [3.05, 3.63) is 29.6 Å². The molecule has 2 rings (SSSR count). The van der Waals surface area contributed by atoms with Gasteiger partial charge in [0.25, 0.3) is 0 Å². The molecule has 1 aliphatic rings. The number of carbonyl (C=O) groups excluding carboxylic acids is 1. The molecular formula is C17H28IN5O. The van der Waals surface area contributed by atoms with Gasteiger partial charge >= 0.3 is 0 Å². The van der Waals surface area contributed by atoms with E-state index in [4.69, 9.17) is 5.73 Å². The summed E-state index contributed by atoms with van der Waals surface area (Å²) in [6.07, 6.45) is 5.42. The van der Waals surface area contributed by atoms with Crippen molar-refractivity contribution < 1.29 is 4.79 Å². The molecule has 3 N–H and O–H groups in total. The fraction of sp³-hybridized carbons (Fsp3) is 0.588. The quantitative estimate of drug-likeness (QED) is 0.411. The number of hydrogen-bond acceptors (Lipinski definition) is 3. The molecule has 1 aliphatic heterocycles. The highest BCUT2D eigenvalue weighted by Gasteiger charge is 2.23. The Bertz CT molecular complexity index is 546. The number of aryl methyl sites for hydroxylation is 1. The summed E-state index contributed by atoms with van der Waals surface area (Å²) in [5, 5.41) is 3.41. The van der Waals surface area contributed by atoms with Gasteiger partial charge in [-0.25, -0.2) is 0 Å². The highest BCUT2D eigenvalue weighted by Crippen LogP contribution is 2.19. The number of nitrogens with zero attached hydrogens (tertiary/aromatic N) is 3. The van der Waals surface area contributed by atoms with Gasteiger partial charge in [0.1, 0.15) is 0 Å². The maximum Gasteiger partial charge on any atom is 0.217 e. The number of guanidine groups is 1. The molecule has 0 radical (unpaired) electrons. The monoisotopic (exact) mass is 445 g/mol. The van der Waals surface area contributed by atoms with Gasteiger partial charge < -0.3 is 16.0 Å². The lowest BCUT2D eigenvalue weighted by atomic mass is 9.95. The van der Waals surface area contributed by atoms with E-state index in [0.29, 0.717) is 12.3 Å². The molecule has 0 aliphatic carbocycles. The lowest BCUT2D eigenvalue weighted by molar-refractivity contribution is -0.119. The minimum atomic E-state index is -0.216. The fourth-order valence-electron chi connectivity index (χ4n) is 3.01. The zero-order valence-corrected chi connectivity index (χ0v) is 16.8. The first-order chi connectivity index (χ1) is 11.1. The maximum atomic E-state index is 11.1. The second-order valence-electron chi connectivity index (χ2n) is 6.16. The smallest absolute Gasteiger partial charge is 0.217 e. The number of nitrogens with two attached hydrogens (primary N) is 1. The van der Waals surface area contributed by atoms with E-state index in [1.165, 1.54) is 5.56 Å². The number of primary amides is 1. The van der Waals surface area contributed by atoms with Crippen molar-refractivity contribution >= 4 is 35.8 Å². The van der Waals surface area contributed by atoms with Crippen LogP contribution in [0.4, 0.5) is 0 Å². The third-order valence-electron chi connectivity index (χ3n) is 4.19. The van der Waals surface area contributed by atoms with Crippen LogP contribution in [0.5, 0.6) is 0 Å². The van der Waals surface area contributed by atoms with Crippen molar-refractivity contribution in [3.63, 3.8) is 0 Å². The molecular weight excluding hydrogens is 417 g/mol. The molecule has 0 bridgehead atoms. The zero-order chi connectivity index (χ0) is 16.7. The second kappa shape index (κ2) is 10.5. The fourth-order valence-corrected chi connectivity index (χ4v) is 3.01. The number of nitrogens with one attached hydrogen (secondary N) is 1. The van der Waals surface area contributed by atoms with Crippen LogP contribution >= 0.6 is 24.0 Å². The molecule has 0 aromatic carbocycles. The first kappa shape index (κ1) is 20.7. The molecule has 0 spiro atoms. The third-order valence-corrected chi connectivity index (χ3v) is 4.19. The Morgan fingerprint density at radius 2 is 2.29 bits per heavy atom. The first-order valence-electron chi connectivity index (χ1n) is 8.24. The minimum Gasteiger partial charge on any atom is -0.370 e. The van der Waals surface area contributed by atoms with Crippen LogP contribution in [-0.4, -0.2) is 48.4 Å². The molecule has 6 nitrogen and oxygen atoms in total. The Labute approximate surface area is 161 Å². The van der Waals surface area contributed by atoms with E-state index in [1.807, 2.05) is 19.2 Å². The standard InChI is InChI=1S/C17H27N5O.HI/c1-13-5-6-14(11-21-13)7-8-20-17(19-2)22-9-3-4-15(12-22)10-16(18)23;/h5-6,11,15H,3-4,7-10,12H2,1-2H3,(H2,18,23)(H,19,20);1H. The largest absolute Gasteiger partial charge is 0.370 e. The lowest BCUT2D eigenvalue weighted by Crippen LogP contribution is -2.47. The highest BCUT2D eigenvalue weighted by molar-refractivity contribution is 14.0. The lowest BCUT2D eigenvalue weighted by Gasteiger charge is -2.34. The van der Waals surface area contributed by atoms with Crippen molar-refractivity contribution in [3.8, 4) is 0 Å². The summed E-state index contributed by atoms with van der Waals surface area (Å²) in [5.74, 6) is 1.02.